The molecule has 0 saturated heterocycles. The molecule has 1 heterocycles. The van der Waals surface area contributed by atoms with E-state index < -0.39 is 11.4 Å². The van der Waals surface area contributed by atoms with Crippen molar-refractivity contribution in [2.45, 2.75) is 41.9 Å². The number of aromatic nitrogens is 1. The van der Waals surface area contributed by atoms with E-state index in [2.05, 4.69) is 4.98 Å². The highest BCUT2D eigenvalue weighted by molar-refractivity contribution is 8.01. The second-order valence-electron chi connectivity index (χ2n) is 6.48. The summed E-state index contributed by atoms with van der Waals surface area (Å²) in [5.74, 6) is -2.69. The number of aryl methyl sites for hydroxylation is 2. The van der Waals surface area contributed by atoms with Crippen molar-refractivity contribution in [3.05, 3.63) is 46.0 Å². The highest BCUT2D eigenvalue weighted by Gasteiger charge is 2.38. The van der Waals surface area contributed by atoms with Crippen molar-refractivity contribution in [2.24, 2.45) is 0 Å². The van der Waals surface area contributed by atoms with Gasteiger partial charge in [0, 0.05) is 11.9 Å². The van der Waals surface area contributed by atoms with Gasteiger partial charge in [-0.2, -0.15) is 8.78 Å². The van der Waals surface area contributed by atoms with Gasteiger partial charge >= 0.3 is 0 Å². The maximum absolute atomic E-state index is 12.6. The van der Waals surface area contributed by atoms with Gasteiger partial charge in [-0.25, -0.2) is 4.98 Å². The first-order valence-corrected chi connectivity index (χ1v) is 9.94. The Hall–Kier alpha value is -1.51. The number of nitrogens with zero attached hydrogens (tertiary/aromatic N) is 2. The number of hydrogen-bond donors (Lipinski definition) is 1. The molecule has 1 aromatic heterocycles. The Kier molecular flexibility index (Phi) is 5.64. The fourth-order valence-corrected chi connectivity index (χ4v) is 5.11. The fourth-order valence-electron chi connectivity index (χ4n) is 3.28. The standard InChI is InChI=1S/C18H20F2N2O2S2/c1-11-14(25-17(21-11)26-16(19)20)9-15(23)22(2)10-18(24)8-7-12-5-3-4-6-13(12)18/h3-6,16,24H,7-10H2,1-2H3. The summed E-state index contributed by atoms with van der Waals surface area (Å²) in [6, 6.07) is 7.74. The molecule has 0 fully saturated rings. The minimum Gasteiger partial charge on any atom is -0.383 e. The number of halogens is 2. The van der Waals surface area contributed by atoms with Crippen molar-refractivity contribution in [3.8, 4) is 0 Å². The van der Waals surface area contributed by atoms with Gasteiger partial charge in [0.2, 0.25) is 5.91 Å². The van der Waals surface area contributed by atoms with Crippen LogP contribution in [0.4, 0.5) is 8.78 Å². The number of benzene rings is 1. The smallest absolute Gasteiger partial charge is 0.291 e. The van der Waals surface area contributed by atoms with Crippen LogP contribution in [0.1, 0.15) is 28.1 Å². The molecule has 140 valence electrons. The molecule has 0 bridgehead atoms. The fraction of sp³-hybridized carbons (Fsp3) is 0.444. The molecule has 1 unspecified atom stereocenters. The first-order valence-electron chi connectivity index (χ1n) is 8.24. The molecular formula is C18H20F2N2O2S2. The summed E-state index contributed by atoms with van der Waals surface area (Å²) in [6.45, 7) is 1.93. The maximum atomic E-state index is 12.6. The number of alkyl halides is 2. The summed E-state index contributed by atoms with van der Waals surface area (Å²) in [6.07, 6.45) is 1.47. The third-order valence-corrected chi connectivity index (χ3v) is 6.59. The van der Waals surface area contributed by atoms with Crippen LogP contribution < -0.4 is 0 Å². The number of fused-ring (bicyclic) bond motifs is 1. The number of thiazole rings is 1. The van der Waals surface area contributed by atoms with E-state index in [1.807, 2.05) is 24.3 Å². The molecule has 1 amide bonds. The summed E-state index contributed by atoms with van der Waals surface area (Å²) >= 11 is 1.52. The van der Waals surface area contributed by atoms with Crippen LogP contribution in [0.5, 0.6) is 0 Å². The quantitative estimate of drug-likeness (QED) is 0.756. The van der Waals surface area contributed by atoms with Crippen molar-refractivity contribution >= 4 is 29.0 Å². The SMILES string of the molecule is Cc1nc(SC(F)F)sc1CC(=O)N(C)CC1(O)CCc2ccccc21. The minimum atomic E-state index is -2.52. The summed E-state index contributed by atoms with van der Waals surface area (Å²) < 4.78 is 25.2. The Labute approximate surface area is 159 Å². The van der Waals surface area contributed by atoms with Crippen molar-refractivity contribution < 1.29 is 18.7 Å². The van der Waals surface area contributed by atoms with Crippen LogP contribution in [0.3, 0.4) is 0 Å². The lowest BCUT2D eigenvalue weighted by Gasteiger charge is -2.30. The van der Waals surface area contributed by atoms with Crippen LogP contribution in [-0.2, 0) is 23.2 Å². The Balaban J connectivity index is 1.67. The molecule has 0 saturated carbocycles. The number of likely N-dealkylation sites (N-methyl/N-ethyl adjacent to an activating group) is 1. The molecule has 1 N–H and O–H groups in total. The van der Waals surface area contributed by atoms with Gasteiger partial charge in [-0.1, -0.05) is 24.3 Å². The second kappa shape index (κ2) is 7.62. The number of carbonyl (C=O) groups excluding carboxylic acids is 1. The largest absolute Gasteiger partial charge is 0.383 e. The Bertz CT molecular complexity index is 812. The van der Waals surface area contributed by atoms with Gasteiger partial charge in [-0.3, -0.25) is 4.79 Å². The molecule has 4 nitrogen and oxygen atoms in total. The van der Waals surface area contributed by atoms with Crippen LogP contribution in [0.15, 0.2) is 28.6 Å². The number of aliphatic hydroxyl groups is 1. The van der Waals surface area contributed by atoms with E-state index in [9.17, 15) is 18.7 Å². The molecule has 26 heavy (non-hydrogen) atoms. The third-order valence-electron chi connectivity index (χ3n) is 4.63. The monoisotopic (exact) mass is 398 g/mol. The Morgan fingerprint density at radius 2 is 2.19 bits per heavy atom. The van der Waals surface area contributed by atoms with Gasteiger partial charge in [-0.15, -0.1) is 11.3 Å². The lowest BCUT2D eigenvalue weighted by atomic mass is 9.95. The molecule has 0 radical (unpaired) electrons. The zero-order valence-electron chi connectivity index (χ0n) is 14.5. The van der Waals surface area contributed by atoms with Crippen molar-refractivity contribution in [1.29, 1.82) is 0 Å². The summed E-state index contributed by atoms with van der Waals surface area (Å²) in [5, 5.41) is 11.0. The molecule has 3 rings (SSSR count). The molecule has 2 aromatic rings. The maximum Gasteiger partial charge on any atom is 0.291 e. The molecule has 0 spiro atoms. The number of amides is 1. The molecule has 0 aliphatic heterocycles. The van der Waals surface area contributed by atoms with E-state index in [1.165, 1.54) is 4.90 Å². The van der Waals surface area contributed by atoms with E-state index in [-0.39, 0.29) is 23.2 Å². The minimum absolute atomic E-state index is 0.0987. The van der Waals surface area contributed by atoms with E-state index in [4.69, 9.17) is 0 Å². The van der Waals surface area contributed by atoms with E-state index in [0.717, 1.165) is 28.9 Å². The first-order chi connectivity index (χ1) is 12.3. The van der Waals surface area contributed by atoms with Gasteiger partial charge in [0.05, 0.1) is 18.7 Å². The van der Waals surface area contributed by atoms with Crippen LogP contribution in [0.2, 0.25) is 0 Å². The Morgan fingerprint density at radius 1 is 1.46 bits per heavy atom. The second-order valence-corrected chi connectivity index (χ2v) is 8.80. The topological polar surface area (TPSA) is 53.4 Å². The number of hydrogen-bond acceptors (Lipinski definition) is 5. The van der Waals surface area contributed by atoms with Crippen LogP contribution in [-0.4, -0.2) is 40.2 Å². The van der Waals surface area contributed by atoms with Crippen LogP contribution in [0, 0.1) is 6.92 Å². The number of thioether (sulfide) groups is 1. The normalized spacial score (nSPS) is 19.0. The lowest BCUT2D eigenvalue weighted by Crippen LogP contribution is -2.41. The number of rotatable bonds is 6. The Morgan fingerprint density at radius 3 is 2.92 bits per heavy atom. The van der Waals surface area contributed by atoms with E-state index in [1.54, 1.807) is 14.0 Å². The first kappa shape index (κ1) is 19.3. The van der Waals surface area contributed by atoms with Crippen molar-refractivity contribution in [2.75, 3.05) is 13.6 Å². The van der Waals surface area contributed by atoms with Crippen molar-refractivity contribution in [3.63, 3.8) is 0 Å². The van der Waals surface area contributed by atoms with Gasteiger partial charge in [0.25, 0.3) is 5.76 Å². The van der Waals surface area contributed by atoms with E-state index >= 15 is 0 Å². The predicted molar refractivity (Wildman–Crippen MR) is 98.7 cm³/mol. The molecule has 1 aliphatic carbocycles. The predicted octanol–water partition coefficient (Wildman–Crippen LogP) is 3.60. The number of carbonyl (C=O) groups is 1. The summed E-state index contributed by atoms with van der Waals surface area (Å²) in [4.78, 5) is 18.9. The van der Waals surface area contributed by atoms with Gasteiger partial charge < -0.3 is 10.0 Å². The van der Waals surface area contributed by atoms with E-state index in [0.29, 0.717) is 28.8 Å². The zero-order chi connectivity index (χ0) is 18.9. The van der Waals surface area contributed by atoms with Crippen LogP contribution in [0.25, 0.3) is 0 Å². The highest BCUT2D eigenvalue weighted by Crippen LogP contribution is 2.37. The molecule has 1 aromatic carbocycles. The molecule has 1 atom stereocenters. The van der Waals surface area contributed by atoms with Gasteiger partial charge in [0.15, 0.2) is 4.34 Å². The average Bonchev–Trinajstić information content (AvgIpc) is 3.08. The van der Waals surface area contributed by atoms with Gasteiger partial charge in [0.1, 0.15) is 5.60 Å². The molecular weight excluding hydrogens is 378 g/mol. The third kappa shape index (κ3) is 4.07. The van der Waals surface area contributed by atoms with Crippen molar-refractivity contribution in [1.82, 2.24) is 9.88 Å². The molecule has 8 heteroatoms. The summed E-state index contributed by atoms with van der Waals surface area (Å²) in [5.41, 5.74) is 1.55. The average molecular weight is 399 g/mol. The highest BCUT2D eigenvalue weighted by atomic mass is 32.2. The van der Waals surface area contributed by atoms with Crippen LogP contribution >= 0.6 is 23.1 Å². The zero-order valence-corrected chi connectivity index (χ0v) is 16.2. The summed E-state index contributed by atoms with van der Waals surface area (Å²) in [7, 11) is 1.66. The molecule has 1 aliphatic rings. The lowest BCUT2D eigenvalue weighted by molar-refractivity contribution is -0.132. The van der Waals surface area contributed by atoms with Gasteiger partial charge in [-0.05, 0) is 42.7 Å².